The van der Waals surface area contributed by atoms with Crippen molar-refractivity contribution in [1.29, 1.82) is 0 Å². The standard InChI is InChI=1S/C18H29N3O2.ClH/c1-15(2)7-14-23-17-5-3-16(4-6-17)18(22)20-10-13-21-11-8-19-9-12-21;/h3-6,15,19H,7-14H2,1-2H3,(H,20,22);1H. The highest BCUT2D eigenvalue weighted by Crippen LogP contribution is 2.13. The molecule has 0 aliphatic carbocycles. The van der Waals surface area contributed by atoms with Crippen LogP contribution in [0.5, 0.6) is 5.75 Å². The highest BCUT2D eigenvalue weighted by molar-refractivity contribution is 5.94. The number of piperazine rings is 1. The molecule has 5 nitrogen and oxygen atoms in total. The first-order chi connectivity index (χ1) is 11.1. The van der Waals surface area contributed by atoms with Crippen LogP contribution in [0, 0.1) is 5.92 Å². The molecule has 2 N–H and O–H groups in total. The Kier molecular flexibility index (Phi) is 9.76. The zero-order chi connectivity index (χ0) is 16.5. The molecule has 0 spiro atoms. The highest BCUT2D eigenvalue weighted by atomic mass is 35.5. The lowest BCUT2D eigenvalue weighted by Gasteiger charge is -2.27. The number of ether oxygens (including phenoxy) is 1. The van der Waals surface area contributed by atoms with Gasteiger partial charge in [0.15, 0.2) is 0 Å². The zero-order valence-corrected chi connectivity index (χ0v) is 15.5. The van der Waals surface area contributed by atoms with Crippen molar-refractivity contribution in [2.24, 2.45) is 5.92 Å². The fourth-order valence-corrected chi connectivity index (χ4v) is 2.48. The van der Waals surface area contributed by atoms with Gasteiger partial charge < -0.3 is 15.4 Å². The number of amides is 1. The summed E-state index contributed by atoms with van der Waals surface area (Å²) in [5.74, 6) is 1.44. The summed E-state index contributed by atoms with van der Waals surface area (Å²) in [4.78, 5) is 14.5. The Morgan fingerprint density at radius 2 is 1.92 bits per heavy atom. The van der Waals surface area contributed by atoms with Gasteiger partial charge in [0.25, 0.3) is 5.91 Å². The van der Waals surface area contributed by atoms with E-state index in [1.807, 2.05) is 24.3 Å². The van der Waals surface area contributed by atoms with E-state index in [-0.39, 0.29) is 18.3 Å². The lowest BCUT2D eigenvalue weighted by atomic mass is 10.1. The third-order valence-corrected chi connectivity index (χ3v) is 4.00. The van der Waals surface area contributed by atoms with Gasteiger partial charge >= 0.3 is 0 Å². The Morgan fingerprint density at radius 1 is 1.25 bits per heavy atom. The van der Waals surface area contributed by atoms with Crippen LogP contribution in [0.1, 0.15) is 30.6 Å². The van der Waals surface area contributed by atoms with E-state index >= 15 is 0 Å². The predicted molar refractivity (Wildman–Crippen MR) is 100 cm³/mol. The van der Waals surface area contributed by atoms with E-state index in [4.69, 9.17) is 4.74 Å². The third kappa shape index (κ3) is 7.51. The average Bonchev–Trinajstić information content (AvgIpc) is 2.56. The Labute approximate surface area is 151 Å². The van der Waals surface area contributed by atoms with Crippen LogP contribution in [-0.4, -0.2) is 56.7 Å². The number of hydrogen-bond donors (Lipinski definition) is 2. The fraction of sp³-hybridized carbons (Fsp3) is 0.611. The molecule has 0 atom stereocenters. The van der Waals surface area contributed by atoms with Crippen molar-refractivity contribution in [2.75, 3.05) is 45.9 Å². The molecule has 1 amide bonds. The van der Waals surface area contributed by atoms with Gasteiger partial charge in [-0.1, -0.05) is 13.8 Å². The molecular formula is C18H30ClN3O2. The lowest BCUT2D eigenvalue weighted by molar-refractivity contribution is 0.0947. The summed E-state index contributed by atoms with van der Waals surface area (Å²) in [6.45, 7) is 10.8. The number of halogens is 1. The topological polar surface area (TPSA) is 53.6 Å². The maximum atomic E-state index is 12.1. The van der Waals surface area contributed by atoms with Gasteiger partial charge in [0.1, 0.15) is 5.75 Å². The van der Waals surface area contributed by atoms with Crippen molar-refractivity contribution < 1.29 is 9.53 Å². The molecule has 6 heteroatoms. The van der Waals surface area contributed by atoms with Gasteiger partial charge in [0.2, 0.25) is 0 Å². The summed E-state index contributed by atoms with van der Waals surface area (Å²) in [5, 5.41) is 6.31. The van der Waals surface area contributed by atoms with Gasteiger partial charge in [0.05, 0.1) is 6.61 Å². The van der Waals surface area contributed by atoms with E-state index in [2.05, 4.69) is 29.4 Å². The molecule has 0 unspecified atom stereocenters. The molecule has 1 aromatic rings. The average molecular weight is 356 g/mol. The molecule has 136 valence electrons. The summed E-state index contributed by atoms with van der Waals surface area (Å²) < 4.78 is 5.67. The maximum absolute atomic E-state index is 12.1. The molecule has 1 aliphatic rings. The summed E-state index contributed by atoms with van der Waals surface area (Å²) in [7, 11) is 0. The van der Waals surface area contributed by atoms with Crippen LogP contribution in [-0.2, 0) is 0 Å². The predicted octanol–water partition coefficient (Wildman–Crippen LogP) is 2.17. The molecule has 2 rings (SSSR count). The first-order valence-electron chi connectivity index (χ1n) is 8.59. The minimum atomic E-state index is -0.0196. The van der Waals surface area contributed by atoms with Gasteiger partial charge in [-0.2, -0.15) is 0 Å². The molecule has 1 aliphatic heterocycles. The van der Waals surface area contributed by atoms with Crippen LogP contribution < -0.4 is 15.4 Å². The Hall–Kier alpha value is -1.30. The number of hydrogen-bond acceptors (Lipinski definition) is 4. The molecule has 0 aromatic heterocycles. The minimum absolute atomic E-state index is 0. The van der Waals surface area contributed by atoms with Crippen LogP contribution in [0.25, 0.3) is 0 Å². The normalized spacial score (nSPS) is 15.0. The van der Waals surface area contributed by atoms with E-state index < -0.39 is 0 Å². The summed E-state index contributed by atoms with van der Waals surface area (Å²) >= 11 is 0. The number of nitrogens with zero attached hydrogens (tertiary/aromatic N) is 1. The molecule has 1 aromatic carbocycles. The van der Waals surface area contributed by atoms with Crippen LogP contribution >= 0.6 is 12.4 Å². The van der Waals surface area contributed by atoms with E-state index in [9.17, 15) is 4.79 Å². The Morgan fingerprint density at radius 3 is 2.54 bits per heavy atom. The van der Waals surface area contributed by atoms with Gasteiger partial charge in [-0.15, -0.1) is 12.4 Å². The quantitative estimate of drug-likeness (QED) is 0.750. The second kappa shape index (κ2) is 11.3. The van der Waals surface area contributed by atoms with Crippen molar-refractivity contribution in [1.82, 2.24) is 15.5 Å². The van der Waals surface area contributed by atoms with E-state index in [0.717, 1.165) is 44.9 Å². The van der Waals surface area contributed by atoms with Crippen molar-refractivity contribution in [3.05, 3.63) is 29.8 Å². The maximum Gasteiger partial charge on any atom is 0.251 e. The second-order valence-electron chi connectivity index (χ2n) is 6.40. The molecule has 0 radical (unpaired) electrons. The molecule has 0 saturated carbocycles. The number of benzene rings is 1. The zero-order valence-electron chi connectivity index (χ0n) is 14.7. The van der Waals surface area contributed by atoms with Crippen molar-refractivity contribution in [3.63, 3.8) is 0 Å². The van der Waals surface area contributed by atoms with Gasteiger partial charge in [0, 0.05) is 44.8 Å². The second-order valence-corrected chi connectivity index (χ2v) is 6.40. The smallest absolute Gasteiger partial charge is 0.251 e. The number of nitrogens with one attached hydrogen (secondary N) is 2. The Balaban J connectivity index is 0.00000288. The molecule has 1 saturated heterocycles. The lowest BCUT2D eigenvalue weighted by Crippen LogP contribution is -2.46. The molecule has 1 heterocycles. The fourth-order valence-electron chi connectivity index (χ4n) is 2.48. The first kappa shape index (κ1) is 20.7. The van der Waals surface area contributed by atoms with Crippen LogP contribution in [0.3, 0.4) is 0 Å². The van der Waals surface area contributed by atoms with Crippen LogP contribution in [0.4, 0.5) is 0 Å². The first-order valence-corrected chi connectivity index (χ1v) is 8.59. The van der Waals surface area contributed by atoms with E-state index in [1.54, 1.807) is 0 Å². The minimum Gasteiger partial charge on any atom is -0.494 e. The van der Waals surface area contributed by atoms with Crippen molar-refractivity contribution >= 4 is 18.3 Å². The molecule has 0 bridgehead atoms. The SMILES string of the molecule is CC(C)CCOc1ccc(C(=O)NCCN2CCNCC2)cc1.Cl. The largest absolute Gasteiger partial charge is 0.494 e. The van der Waals surface area contributed by atoms with E-state index in [0.29, 0.717) is 24.6 Å². The van der Waals surface area contributed by atoms with Crippen LogP contribution in [0.15, 0.2) is 24.3 Å². The number of carbonyl (C=O) groups excluding carboxylic acids is 1. The van der Waals surface area contributed by atoms with Crippen molar-refractivity contribution in [2.45, 2.75) is 20.3 Å². The summed E-state index contributed by atoms with van der Waals surface area (Å²) in [6.07, 6.45) is 1.04. The van der Waals surface area contributed by atoms with Crippen molar-refractivity contribution in [3.8, 4) is 5.75 Å². The number of rotatable bonds is 8. The van der Waals surface area contributed by atoms with Gasteiger partial charge in [-0.05, 0) is 36.6 Å². The highest BCUT2D eigenvalue weighted by Gasteiger charge is 2.10. The number of carbonyl (C=O) groups is 1. The van der Waals surface area contributed by atoms with Gasteiger partial charge in [-0.25, -0.2) is 0 Å². The molecular weight excluding hydrogens is 326 g/mol. The molecule has 24 heavy (non-hydrogen) atoms. The van der Waals surface area contributed by atoms with E-state index in [1.165, 1.54) is 0 Å². The molecule has 1 fully saturated rings. The summed E-state index contributed by atoms with van der Waals surface area (Å²) in [6, 6.07) is 7.38. The van der Waals surface area contributed by atoms with Gasteiger partial charge in [-0.3, -0.25) is 9.69 Å². The monoisotopic (exact) mass is 355 g/mol. The summed E-state index contributed by atoms with van der Waals surface area (Å²) in [5.41, 5.74) is 0.682. The Bertz CT molecular complexity index is 474. The van der Waals surface area contributed by atoms with Crippen LogP contribution in [0.2, 0.25) is 0 Å². The third-order valence-electron chi connectivity index (χ3n) is 4.00.